The summed E-state index contributed by atoms with van der Waals surface area (Å²) in [7, 11) is 1.59. The van der Waals surface area contributed by atoms with Crippen LogP contribution in [0, 0.1) is 0 Å². The van der Waals surface area contributed by atoms with Crippen LogP contribution in [0.15, 0.2) is 36.7 Å². The molecule has 0 radical (unpaired) electrons. The Morgan fingerprint density at radius 3 is 2.74 bits per heavy atom. The third kappa shape index (κ3) is 3.23. The average Bonchev–Trinajstić information content (AvgIpc) is 3.43. The minimum atomic E-state index is -0.746. The molecule has 1 saturated carbocycles. The van der Waals surface area contributed by atoms with Gasteiger partial charge in [-0.1, -0.05) is 6.07 Å². The average molecular weight is 367 g/mol. The molecule has 0 atom stereocenters. The van der Waals surface area contributed by atoms with Gasteiger partial charge in [-0.3, -0.25) is 14.6 Å². The number of hydrogen-bond acceptors (Lipinski definition) is 6. The van der Waals surface area contributed by atoms with Crippen LogP contribution in [0.25, 0.3) is 0 Å². The lowest BCUT2D eigenvalue weighted by Crippen LogP contribution is -2.50. The Morgan fingerprint density at radius 1 is 1.26 bits per heavy atom. The minimum absolute atomic E-state index is 0.115. The second kappa shape index (κ2) is 6.96. The van der Waals surface area contributed by atoms with Crippen LogP contribution in [-0.2, 0) is 16.1 Å². The van der Waals surface area contributed by atoms with Crippen molar-refractivity contribution in [3.63, 3.8) is 0 Å². The molecule has 1 aliphatic heterocycles. The van der Waals surface area contributed by atoms with E-state index in [0.717, 1.165) is 11.3 Å². The van der Waals surface area contributed by atoms with Crippen LogP contribution in [0.1, 0.15) is 28.9 Å². The number of nitrogens with zero attached hydrogens (tertiary/aromatic N) is 3. The summed E-state index contributed by atoms with van der Waals surface area (Å²) in [6.07, 6.45) is 4.71. The Labute approximate surface area is 156 Å². The zero-order valence-electron chi connectivity index (χ0n) is 15.1. The van der Waals surface area contributed by atoms with E-state index in [1.807, 2.05) is 24.3 Å². The number of amides is 2. The fourth-order valence-corrected chi connectivity index (χ4v) is 3.34. The second-order valence-electron chi connectivity index (χ2n) is 6.74. The molecular weight excluding hydrogens is 346 g/mol. The van der Waals surface area contributed by atoms with Crippen molar-refractivity contribution < 1.29 is 14.3 Å². The topological polar surface area (TPSA) is 96.5 Å². The molecule has 4 rings (SSSR count). The number of fused-ring (bicyclic) bond motifs is 1. The van der Waals surface area contributed by atoms with Gasteiger partial charge in [0.2, 0.25) is 5.91 Å². The second-order valence-corrected chi connectivity index (χ2v) is 6.74. The number of nitrogens with one attached hydrogen (secondary N) is 2. The molecule has 2 aliphatic rings. The molecule has 8 nitrogen and oxygen atoms in total. The number of methoxy groups -OCH3 is 1. The number of ether oxygens (including phenoxy) is 1. The number of pyridine rings is 2. The fourth-order valence-electron chi connectivity index (χ4n) is 3.34. The zero-order chi connectivity index (χ0) is 18.9. The van der Waals surface area contributed by atoms with E-state index in [9.17, 15) is 9.59 Å². The monoisotopic (exact) mass is 367 g/mol. The van der Waals surface area contributed by atoms with Gasteiger partial charge in [0.1, 0.15) is 17.1 Å². The third-order valence-corrected chi connectivity index (χ3v) is 4.96. The van der Waals surface area contributed by atoms with Crippen LogP contribution in [0.5, 0.6) is 0 Å². The van der Waals surface area contributed by atoms with Crippen LogP contribution in [0.3, 0.4) is 0 Å². The Hall–Kier alpha value is -3.00. The van der Waals surface area contributed by atoms with Crippen molar-refractivity contribution in [1.82, 2.24) is 20.2 Å². The summed E-state index contributed by atoms with van der Waals surface area (Å²) in [5.41, 5.74) is 1.35. The number of carbonyl (C=O) groups excluding carboxylic acids is 2. The van der Waals surface area contributed by atoms with Crippen LogP contribution in [-0.4, -0.2) is 52.5 Å². The first kappa shape index (κ1) is 17.4. The van der Waals surface area contributed by atoms with Crippen LogP contribution in [0.4, 0.5) is 11.5 Å². The van der Waals surface area contributed by atoms with Gasteiger partial charge >= 0.3 is 0 Å². The summed E-state index contributed by atoms with van der Waals surface area (Å²) < 4.78 is 4.97. The Bertz CT molecular complexity index is 867. The van der Waals surface area contributed by atoms with Crippen molar-refractivity contribution in [2.75, 3.05) is 25.6 Å². The normalized spacial score (nSPS) is 16.8. The Kier molecular flexibility index (Phi) is 4.49. The Balaban J connectivity index is 1.50. The van der Waals surface area contributed by atoms with E-state index in [1.54, 1.807) is 24.4 Å². The maximum atomic E-state index is 12.9. The minimum Gasteiger partial charge on any atom is -0.383 e. The number of anilines is 2. The molecule has 0 spiro atoms. The van der Waals surface area contributed by atoms with E-state index in [-0.39, 0.29) is 11.8 Å². The molecular formula is C19H21N5O3. The van der Waals surface area contributed by atoms with Gasteiger partial charge in [0, 0.05) is 43.8 Å². The van der Waals surface area contributed by atoms with E-state index in [0.29, 0.717) is 44.0 Å². The predicted molar refractivity (Wildman–Crippen MR) is 98.5 cm³/mol. The molecule has 140 valence electrons. The predicted octanol–water partition coefficient (Wildman–Crippen LogP) is 1.47. The molecule has 0 aromatic carbocycles. The van der Waals surface area contributed by atoms with E-state index < -0.39 is 5.54 Å². The van der Waals surface area contributed by atoms with E-state index in [2.05, 4.69) is 20.6 Å². The van der Waals surface area contributed by atoms with Crippen molar-refractivity contribution in [1.29, 1.82) is 0 Å². The highest BCUT2D eigenvalue weighted by Crippen LogP contribution is 2.45. The molecule has 8 heteroatoms. The summed E-state index contributed by atoms with van der Waals surface area (Å²) in [6.45, 7) is 1.29. The molecule has 27 heavy (non-hydrogen) atoms. The van der Waals surface area contributed by atoms with Crippen molar-refractivity contribution in [2.45, 2.75) is 24.9 Å². The van der Waals surface area contributed by atoms with Crippen molar-refractivity contribution in [2.24, 2.45) is 0 Å². The van der Waals surface area contributed by atoms with Gasteiger partial charge in [0.15, 0.2) is 0 Å². The summed E-state index contributed by atoms with van der Waals surface area (Å²) in [4.78, 5) is 35.7. The van der Waals surface area contributed by atoms with Crippen molar-refractivity contribution in [3.8, 4) is 0 Å². The van der Waals surface area contributed by atoms with Gasteiger partial charge in [-0.2, -0.15) is 0 Å². The lowest BCUT2D eigenvalue weighted by atomic mass is 10.2. The first-order valence-corrected chi connectivity index (χ1v) is 8.90. The van der Waals surface area contributed by atoms with Gasteiger partial charge in [0.05, 0.1) is 6.61 Å². The van der Waals surface area contributed by atoms with Crippen LogP contribution >= 0.6 is 0 Å². The van der Waals surface area contributed by atoms with E-state index in [4.69, 9.17) is 4.74 Å². The van der Waals surface area contributed by atoms with E-state index >= 15 is 0 Å². The highest BCUT2D eigenvalue weighted by Gasteiger charge is 2.58. The van der Waals surface area contributed by atoms with Crippen molar-refractivity contribution >= 4 is 23.3 Å². The summed E-state index contributed by atoms with van der Waals surface area (Å²) in [5.74, 6) is 0.281. The molecule has 3 heterocycles. The van der Waals surface area contributed by atoms with Crippen LogP contribution < -0.4 is 10.6 Å². The largest absolute Gasteiger partial charge is 0.383 e. The molecule has 2 N–H and O–H groups in total. The number of rotatable bonds is 7. The highest BCUT2D eigenvalue weighted by molar-refractivity contribution is 6.02. The number of aromatic nitrogens is 2. The van der Waals surface area contributed by atoms with Gasteiger partial charge in [0.25, 0.3) is 5.91 Å². The molecule has 2 amide bonds. The first-order chi connectivity index (χ1) is 13.1. The third-order valence-electron chi connectivity index (χ3n) is 4.96. The summed E-state index contributed by atoms with van der Waals surface area (Å²) in [6, 6.07) is 7.39. The van der Waals surface area contributed by atoms with Gasteiger partial charge in [-0.25, -0.2) is 4.98 Å². The zero-order valence-corrected chi connectivity index (χ0v) is 15.1. The fraction of sp³-hybridized carbons (Fsp3) is 0.368. The molecule has 0 bridgehead atoms. The molecule has 0 saturated heterocycles. The van der Waals surface area contributed by atoms with Gasteiger partial charge in [-0.15, -0.1) is 0 Å². The summed E-state index contributed by atoms with van der Waals surface area (Å²) >= 11 is 0. The lowest BCUT2D eigenvalue weighted by Gasteiger charge is -2.26. The highest BCUT2D eigenvalue weighted by atomic mass is 16.5. The van der Waals surface area contributed by atoms with Gasteiger partial charge < -0.3 is 20.3 Å². The van der Waals surface area contributed by atoms with Gasteiger partial charge in [-0.05, 0) is 31.0 Å². The Morgan fingerprint density at radius 2 is 2.04 bits per heavy atom. The van der Waals surface area contributed by atoms with E-state index in [1.165, 1.54) is 0 Å². The smallest absolute Gasteiger partial charge is 0.274 e. The molecule has 1 fully saturated rings. The summed E-state index contributed by atoms with van der Waals surface area (Å²) in [5, 5.41) is 6.02. The number of carbonyl (C=O) groups is 2. The molecule has 2 aromatic heterocycles. The maximum Gasteiger partial charge on any atom is 0.274 e. The molecule has 0 unspecified atom stereocenters. The molecule has 2 aromatic rings. The van der Waals surface area contributed by atoms with Crippen molar-refractivity contribution in [3.05, 3.63) is 47.9 Å². The van der Waals surface area contributed by atoms with Crippen LogP contribution in [0.2, 0.25) is 0 Å². The number of hydrogen-bond donors (Lipinski definition) is 2. The molecule has 1 aliphatic carbocycles. The standard InChI is InChI=1S/C19H21N5O3/c1-27-11-10-21-18(26)19(6-7-19)24-12-13-2-3-15(23-16(13)17(24)25)22-14-4-8-20-9-5-14/h2-5,8-9H,6-7,10-12H2,1H3,(H,21,26)(H,20,22,23). The quantitative estimate of drug-likeness (QED) is 0.720. The lowest BCUT2D eigenvalue weighted by molar-refractivity contribution is -0.127. The first-order valence-electron chi connectivity index (χ1n) is 8.90. The maximum absolute atomic E-state index is 12.9. The SMILES string of the molecule is COCCNC(=O)C1(N2Cc3ccc(Nc4ccncc4)nc3C2=O)CC1.